The lowest BCUT2D eigenvalue weighted by Crippen LogP contribution is -2.31. The molecule has 1 aliphatic carbocycles. The van der Waals surface area contributed by atoms with Crippen molar-refractivity contribution in [3.05, 3.63) is 40.3 Å². The zero-order valence-electron chi connectivity index (χ0n) is 18.3. The number of rotatable bonds is 6. The topological polar surface area (TPSA) is 67.1 Å². The van der Waals surface area contributed by atoms with Gasteiger partial charge in [-0.2, -0.15) is 14.6 Å². The highest BCUT2D eigenvalue weighted by Crippen LogP contribution is 2.34. The molecule has 0 atom stereocenters. The van der Waals surface area contributed by atoms with E-state index in [-0.39, 0.29) is 0 Å². The van der Waals surface area contributed by atoms with Crippen LogP contribution in [0.3, 0.4) is 0 Å². The van der Waals surface area contributed by atoms with Gasteiger partial charge >= 0.3 is 0 Å². The van der Waals surface area contributed by atoms with Crippen LogP contribution in [0.5, 0.6) is 0 Å². The third kappa shape index (κ3) is 3.99. The van der Waals surface area contributed by atoms with Crippen molar-refractivity contribution in [3.8, 4) is 11.1 Å². The van der Waals surface area contributed by atoms with E-state index in [9.17, 15) is 0 Å². The Labute approximate surface area is 173 Å². The van der Waals surface area contributed by atoms with Gasteiger partial charge in [0, 0.05) is 19.1 Å². The molecule has 1 fully saturated rings. The summed E-state index contributed by atoms with van der Waals surface area (Å²) in [5.74, 6) is 1.52. The quantitative estimate of drug-likeness (QED) is 0.613. The summed E-state index contributed by atoms with van der Waals surface area (Å²) in [7, 11) is 0. The van der Waals surface area contributed by atoms with Crippen molar-refractivity contribution in [3.63, 3.8) is 0 Å². The van der Waals surface area contributed by atoms with Crippen molar-refractivity contribution < 1.29 is 0 Å². The van der Waals surface area contributed by atoms with Crippen molar-refractivity contribution in [1.29, 1.82) is 0 Å². The van der Waals surface area contributed by atoms with Gasteiger partial charge in [0.15, 0.2) is 5.65 Å². The SMILES string of the molecule is Cc1cc(C)c(-c2c(C)nn3c(NCCNC4CCCC4)nc(C)nc23)c(C)c1. The molecular weight excluding hydrogens is 360 g/mol. The molecule has 4 rings (SSSR count). The average molecular weight is 393 g/mol. The van der Waals surface area contributed by atoms with E-state index in [1.165, 1.54) is 47.9 Å². The van der Waals surface area contributed by atoms with Gasteiger partial charge in [-0.3, -0.25) is 0 Å². The van der Waals surface area contributed by atoms with Crippen LogP contribution in [-0.2, 0) is 0 Å². The Hall–Kier alpha value is -2.47. The first kappa shape index (κ1) is 19.8. The summed E-state index contributed by atoms with van der Waals surface area (Å²) < 4.78 is 1.87. The Bertz CT molecular complexity index is 1010. The van der Waals surface area contributed by atoms with Crippen molar-refractivity contribution in [1.82, 2.24) is 24.9 Å². The average Bonchev–Trinajstić information content (AvgIpc) is 3.27. The molecular formula is C23H32N6. The van der Waals surface area contributed by atoms with E-state index in [2.05, 4.69) is 55.4 Å². The predicted octanol–water partition coefficient (Wildman–Crippen LogP) is 4.28. The second-order valence-corrected chi connectivity index (χ2v) is 8.43. The Morgan fingerprint density at radius 1 is 0.931 bits per heavy atom. The van der Waals surface area contributed by atoms with Crippen LogP contribution in [0.25, 0.3) is 16.8 Å². The maximum absolute atomic E-state index is 4.80. The molecule has 6 heteroatoms. The first-order valence-electron chi connectivity index (χ1n) is 10.7. The molecule has 0 aliphatic heterocycles. The zero-order chi connectivity index (χ0) is 20.5. The summed E-state index contributed by atoms with van der Waals surface area (Å²) >= 11 is 0. The summed E-state index contributed by atoms with van der Waals surface area (Å²) in [4.78, 5) is 9.39. The second-order valence-electron chi connectivity index (χ2n) is 8.43. The number of aryl methyl sites for hydroxylation is 5. The van der Waals surface area contributed by atoms with Crippen LogP contribution in [0.2, 0.25) is 0 Å². The lowest BCUT2D eigenvalue weighted by atomic mass is 9.94. The normalized spacial score (nSPS) is 14.8. The zero-order valence-corrected chi connectivity index (χ0v) is 18.3. The molecule has 2 N–H and O–H groups in total. The maximum atomic E-state index is 4.80. The van der Waals surface area contributed by atoms with Crippen LogP contribution in [0, 0.1) is 34.6 Å². The van der Waals surface area contributed by atoms with Crippen LogP contribution >= 0.6 is 0 Å². The molecule has 2 aromatic heterocycles. The monoisotopic (exact) mass is 392 g/mol. The summed E-state index contributed by atoms with van der Waals surface area (Å²) in [5, 5.41) is 11.9. The van der Waals surface area contributed by atoms with Crippen LogP contribution in [0.15, 0.2) is 12.1 Å². The standard InChI is InChI=1S/C23H32N6/c1-14-12-15(2)20(16(3)13-14)21-17(4)28-29-22(21)26-18(5)27-23(29)25-11-10-24-19-8-6-7-9-19/h12-13,19,24H,6-11H2,1-5H3,(H,25,26,27). The Kier molecular flexibility index (Phi) is 5.54. The molecule has 0 amide bonds. The van der Waals surface area contributed by atoms with Gasteiger partial charge in [0.05, 0.1) is 11.3 Å². The summed E-state index contributed by atoms with van der Waals surface area (Å²) in [6.07, 6.45) is 5.30. The summed E-state index contributed by atoms with van der Waals surface area (Å²) in [5.41, 5.74) is 7.98. The largest absolute Gasteiger partial charge is 0.353 e. The number of hydrogen-bond acceptors (Lipinski definition) is 5. The fraction of sp³-hybridized carbons (Fsp3) is 0.522. The van der Waals surface area contributed by atoms with E-state index >= 15 is 0 Å². The van der Waals surface area contributed by atoms with Crippen LogP contribution in [-0.4, -0.2) is 38.7 Å². The molecule has 154 valence electrons. The molecule has 2 heterocycles. The van der Waals surface area contributed by atoms with Gasteiger partial charge in [0.1, 0.15) is 5.82 Å². The summed E-state index contributed by atoms with van der Waals surface area (Å²) in [6, 6.07) is 5.13. The number of nitrogens with one attached hydrogen (secondary N) is 2. The molecule has 1 aliphatic rings. The Balaban J connectivity index is 1.65. The molecule has 0 spiro atoms. The maximum Gasteiger partial charge on any atom is 0.227 e. The van der Waals surface area contributed by atoms with E-state index in [0.29, 0.717) is 6.04 Å². The number of benzene rings is 1. The molecule has 0 unspecified atom stereocenters. The Morgan fingerprint density at radius 2 is 1.62 bits per heavy atom. The second kappa shape index (κ2) is 8.11. The van der Waals surface area contributed by atoms with E-state index < -0.39 is 0 Å². The minimum atomic E-state index is 0.676. The Morgan fingerprint density at radius 3 is 2.31 bits per heavy atom. The molecule has 0 saturated heterocycles. The van der Waals surface area contributed by atoms with Crippen LogP contribution in [0.4, 0.5) is 5.95 Å². The van der Waals surface area contributed by atoms with Crippen molar-refractivity contribution in [2.45, 2.75) is 66.3 Å². The molecule has 1 saturated carbocycles. The van der Waals surface area contributed by atoms with E-state index in [0.717, 1.165) is 41.8 Å². The third-order valence-electron chi connectivity index (χ3n) is 5.90. The number of hydrogen-bond donors (Lipinski definition) is 2. The smallest absolute Gasteiger partial charge is 0.227 e. The minimum Gasteiger partial charge on any atom is -0.353 e. The fourth-order valence-corrected chi connectivity index (χ4v) is 4.71. The van der Waals surface area contributed by atoms with E-state index in [4.69, 9.17) is 10.1 Å². The lowest BCUT2D eigenvalue weighted by molar-refractivity contribution is 0.535. The molecule has 3 aromatic rings. The highest BCUT2D eigenvalue weighted by atomic mass is 15.4. The van der Waals surface area contributed by atoms with Crippen LogP contribution < -0.4 is 10.6 Å². The number of anilines is 1. The predicted molar refractivity (Wildman–Crippen MR) is 119 cm³/mol. The van der Waals surface area contributed by atoms with Crippen molar-refractivity contribution in [2.24, 2.45) is 0 Å². The van der Waals surface area contributed by atoms with Crippen LogP contribution in [0.1, 0.15) is 53.9 Å². The highest BCUT2D eigenvalue weighted by Gasteiger charge is 2.20. The van der Waals surface area contributed by atoms with Gasteiger partial charge in [0.25, 0.3) is 0 Å². The van der Waals surface area contributed by atoms with Gasteiger partial charge in [-0.1, -0.05) is 30.5 Å². The van der Waals surface area contributed by atoms with Gasteiger partial charge in [-0.25, -0.2) is 4.98 Å². The fourth-order valence-electron chi connectivity index (χ4n) is 4.71. The number of fused-ring (bicyclic) bond motifs is 1. The minimum absolute atomic E-state index is 0.676. The molecule has 0 radical (unpaired) electrons. The van der Waals surface area contributed by atoms with Crippen molar-refractivity contribution >= 4 is 11.6 Å². The van der Waals surface area contributed by atoms with E-state index in [1.807, 2.05) is 11.4 Å². The molecule has 1 aromatic carbocycles. The van der Waals surface area contributed by atoms with Gasteiger partial charge in [-0.15, -0.1) is 0 Å². The molecule has 0 bridgehead atoms. The van der Waals surface area contributed by atoms with Crippen molar-refractivity contribution in [2.75, 3.05) is 18.4 Å². The summed E-state index contributed by atoms with van der Waals surface area (Å²) in [6.45, 7) is 12.2. The first-order valence-corrected chi connectivity index (χ1v) is 10.7. The number of aromatic nitrogens is 4. The van der Waals surface area contributed by atoms with Gasteiger partial charge in [0.2, 0.25) is 5.95 Å². The molecule has 29 heavy (non-hydrogen) atoms. The number of nitrogens with zero attached hydrogens (tertiary/aromatic N) is 4. The first-order chi connectivity index (χ1) is 13.9. The lowest BCUT2D eigenvalue weighted by Gasteiger charge is -2.13. The third-order valence-corrected chi connectivity index (χ3v) is 5.90. The molecule has 6 nitrogen and oxygen atoms in total. The highest BCUT2D eigenvalue weighted by molar-refractivity contribution is 5.84. The van der Waals surface area contributed by atoms with Gasteiger partial charge < -0.3 is 10.6 Å². The van der Waals surface area contributed by atoms with Gasteiger partial charge in [-0.05, 0) is 64.2 Å². The van der Waals surface area contributed by atoms with E-state index in [1.54, 1.807) is 0 Å².